The van der Waals surface area contributed by atoms with Crippen LogP contribution in [-0.4, -0.2) is 0 Å². The molecule has 10 rings (SSSR count). The third-order valence-corrected chi connectivity index (χ3v) is 10.4. The molecule has 0 amide bonds. The van der Waals surface area contributed by atoms with Gasteiger partial charge in [0, 0.05) is 51.0 Å². The van der Waals surface area contributed by atoms with E-state index in [1.807, 2.05) is 0 Å². The Bertz CT molecular complexity index is 2870. The first-order chi connectivity index (χ1) is 27.3. The lowest BCUT2D eigenvalue weighted by atomic mass is 9.98. The first kappa shape index (κ1) is 32.3. The van der Waals surface area contributed by atoms with Crippen molar-refractivity contribution in [3.63, 3.8) is 0 Å². The Morgan fingerprint density at radius 2 is 0.800 bits per heavy atom. The number of anilines is 6. The van der Waals surface area contributed by atoms with Crippen molar-refractivity contribution in [1.82, 2.24) is 0 Å². The Morgan fingerprint density at radius 1 is 0.291 bits per heavy atom. The van der Waals surface area contributed by atoms with Crippen LogP contribution in [0.15, 0.2) is 223 Å². The van der Waals surface area contributed by atoms with Crippen LogP contribution >= 0.6 is 0 Å². The van der Waals surface area contributed by atoms with E-state index in [0.717, 1.165) is 67.2 Å². The van der Waals surface area contributed by atoms with Crippen LogP contribution in [0.3, 0.4) is 0 Å². The van der Waals surface area contributed by atoms with Crippen LogP contribution in [0.5, 0.6) is 0 Å². The lowest BCUT2D eigenvalue weighted by Gasteiger charge is -2.26. The molecule has 0 saturated carbocycles. The molecule has 3 heteroatoms. The minimum absolute atomic E-state index is 0.847. The summed E-state index contributed by atoms with van der Waals surface area (Å²) < 4.78 is 6.67. The van der Waals surface area contributed by atoms with Gasteiger partial charge in [-0.3, -0.25) is 0 Å². The van der Waals surface area contributed by atoms with Gasteiger partial charge in [-0.25, -0.2) is 0 Å². The van der Waals surface area contributed by atoms with Crippen LogP contribution in [0.1, 0.15) is 0 Å². The molecule has 0 N–H and O–H groups in total. The highest BCUT2D eigenvalue weighted by Gasteiger charge is 2.19. The Morgan fingerprint density at radius 3 is 1.49 bits per heavy atom. The Hall–Kier alpha value is -7.36. The molecule has 260 valence electrons. The van der Waals surface area contributed by atoms with Gasteiger partial charge in [0.15, 0.2) is 0 Å². The fraction of sp³-hybridized carbons (Fsp3) is 0. The average molecular weight is 705 g/mol. The van der Waals surface area contributed by atoms with Gasteiger partial charge in [0.25, 0.3) is 0 Å². The summed E-state index contributed by atoms with van der Waals surface area (Å²) in [6.07, 6.45) is 0. The van der Waals surface area contributed by atoms with Crippen molar-refractivity contribution in [3.8, 4) is 22.3 Å². The van der Waals surface area contributed by atoms with Crippen molar-refractivity contribution in [3.05, 3.63) is 218 Å². The number of benzene rings is 9. The molecule has 1 heterocycles. The summed E-state index contributed by atoms with van der Waals surface area (Å²) in [4.78, 5) is 4.60. The fourth-order valence-corrected chi connectivity index (χ4v) is 7.90. The molecule has 0 bridgehead atoms. The maximum Gasteiger partial charge on any atom is 0.137 e. The highest BCUT2D eigenvalue weighted by atomic mass is 16.3. The molecule has 0 aliphatic carbocycles. The predicted molar refractivity (Wildman–Crippen MR) is 231 cm³/mol. The monoisotopic (exact) mass is 704 g/mol. The molecule has 0 unspecified atom stereocenters. The molecule has 0 radical (unpaired) electrons. The molecule has 0 spiro atoms. The molecule has 0 fully saturated rings. The average Bonchev–Trinajstić information content (AvgIpc) is 3.64. The van der Waals surface area contributed by atoms with Crippen molar-refractivity contribution in [2.75, 3.05) is 9.80 Å². The topological polar surface area (TPSA) is 19.6 Å². The summed E-state index contributed by atoms with van der Waals surface area (Å²) in [6.45, 7) is 0. The van der Waals surface area contributed by atoms with Crippen LogP contribution in [-0.2, 0) is 0 Å². The lowest BCUT2D eigenvalue weighted by molar-refractivity contribution is 0.669. The van der Waals surface area contributed by atoms with E-state index in [2.05, 4.69) is 228 Å². The molecule has 3 nitrogen and oxygen atoms in total. The number of rotatable bonds is 8. The molecule has 9 aromatic carbocycles. The quantitative estimate of drug-likeness (QED) is 0.157. The van der Waals surface area contributed by atoms with Crippen LogP contribution < -0.4 is 9.80 Å². The standard InChI is InChI=1S/C52H36N2O/c1-4-18-40(19-5-1)53(41-20-6-2-7-21-41)44-24-12-17-39(35-44)48-27-14-28-50-52(48)49-34-33-45(36-51(49)55-50)54(42-22-8-3-9-23-42)43-31-29-38(30-32-43)47-26-13-16-37-15-10-11-25-46(37)47/h1-36H. The number of fused-ring (bicyclic) bond motifs is 4. The van der Waals surface area contributed by atoms with E-state index in [1.54, 1.807) is 0 Å². The zero-order valence-electron chi connectivity index (χ0n) is 30.1. The zero-order chi connectivity index (χ0) is 36.6. The van der Waals surface area contributed by atoms with E-state index in [-0.39, 0.29) is 0 Å². The number of para-hydroxylation sites is 3. The van der Waals surface area contributed by atoms with Crippen LogP contribution in [0.25, 0.3) is 55.0 Å². The highest BCUT2D eigenvalue weighted by molar-refractivity contribution is 6.13. The maximum atomic E-state index is 6.67. The van der Waals surface area contributed by atoms with Gasteiger partial charge in [-0.15, -0.1) is 0 Å². The predicted octanol–water partition coefficient (Wildman–Crippen LogP) is 15.0. The van der Waals surface area contributed by atoms with Gasteiger partial charge < -0.3 is 14.2 Å². The van der Waals surface area contributed by atoms with E-state index in [4.69, 9.17) is 4.42 Å². The third kappa shape index (κ3) is 5.98. The molecular weight excluding hydrogens is 669 g/mol. The van der Waals surface area contributed by atoms with Gasteiger partial charge in [0.2, 0.25) is 0 Å². The molecule has 55 heavy (non-hydrogen) atoms. The van der Waals surface area contributed by atoms with Gasteiger partial charge in [0.1, 0.15) is 11.2 Å². The summed E-state index contributed by atoms with van der Waals surface area (Å²) in [5.41, 5.74) is 12.9. The van der Waals surface area contributed by atoms with Gasteiger partial charge in [-0.1, -0.05) is 133 Å². The molecular formula is C52H36N2O. The van der Waals surface area contributed by atoms with Crippen molar-refractivity contribution in [2.24, 2.45) is 0 Å². The fourth-order valence-electron chi connectivity index (χ4n) is 7.90. The van der Waals surface area contributed by atoms with Crippen molar-refractivity contribution < 1.29 is 4.42 Å². The van der Waals surface area contributed by atoms with E-state index in [9.17, 15) is 0 Å². The number of hydrogen-bond acceptors (Lipinski definition) is 3. The van der Waals surface area contributed by atoms with Gasteiger partial charge in [-0.05, 0) is 112 Å². The van der Waals surface area contributed by atoms with Crippen molar-refractivity contribution >= 4 is 66.8 Å². The number of hydrogen-bond donors (Lipinski definition) is 0. The van der Waals surface area contributed by atoms with E-state index < -0.39 is 0 Å². The summed E-state index contributed by atoms with van der Waals surface area (Å²) in [7, 11) is 0. The first-order valence-electron chi connectivity index (χ1n) is 18.7. The van der Waals surface area contributed by atoms with E-state index in [1.165, 1.54) is 21.9 Å². The summed E-state index contributed by atoms with van der Waals surface area (Å²) in [5, 5.41) is 4.69. The molecule has 0 saturated heterocycles. The summed E-state index contributed by atoms with van der Waals surface area (Å²) in [6, 6.07) is 77.3. The van der Waals surface area contributed by atoms with E-state index in [0.29, 0.717) is 0 Å². The molecule has 0 atom stereocenters. The molecule has 0 aliphatic rings. The second-order valence-electron chi connectivity index (χ2n) is 13.8. The Labute approximate surface area is 320 Å². The van der Waals surface area contributed by atoms with Crippen LogP contribution in [0.2, 0.25) is 0 Å². The highest BCUT2D eigenvalue weighted by Crippen LogP contribution is 2.43. The van der Waals surface area contributed by atoms with Crippen LogP contribution in [0, 0.1) is 0 Å². The smallest absolute Gasteiger partial charge is 0.137 e. The van der Waals surface area contributed by atoms with Gasteiger partial charge in [-0.2, -0.15) is 0 Å². The van der Waals surface area contributed by atoms with Gasteiger partial charge in [0.05, 0.1) is 0 Å². The Kier molecular flexibility index (Phi) is 8.16. The largest absolute Gasteiger partial charge is 0.456 e. The molecule has 1 aromatic heterocycles. The first-order valence-corrected chi connectivity index (χ1v) is 18.7. The zero-order valence-corrected chi connectivity index (χ0v) is 30.1. The number of nitrogens with zero attached hydrogens (tertiary/aromatic N) is 2. The maximum absolute atomic E-state index is 6.67. The lowest BCUT2D eigenvalue weighted by Crippen LogP contribution is -2.09. The number of furan rings is 1. The normalized spacial score (nSPS) is 11.3. The van der Waals surface area contributed by atoms with Crippen molar-refractivity contribution in [1.29, 1.82) is 0 Å². The summed E-state index contributed by atoms with van der Waals surface area (Å²) in [5.74, 6) is 0. The van der Waals surface area contributed by atoms with Crippen LogP contribution in [0.4, 0.5) is 34.1 Å². The summed E-state index contributed by atoms with van der Waals surface area (Å²) >= 11 is 0. The molecule has 0 aliphatic heterocycles. The van der Waals surface area contributed by atoms with Crippen molar-refractivity contribution in [2.45, 2.75) is 0 Å². The second kappa shape index (κ2) is 13.9. The van der Waals surface area contributed by atoms with Gasteiger partial charge >= 0.3 is 0 Å². The Balaban J connectivity index is 1.06. The SMILES string of the molecule is c1ccc(N(c2ccccc2)c2cccc(-c3cccc4oc5cc(N(c6ccccc6)c6ccc(-c7cccc8ccccc78)cc6)ccc5c34)c2)cc1. The third-order valence-electron chi connectivity index (χ3n) is 10.4. The van der Waals surface area contributed by atoms with E-state index >= 15 is 0 Å². The minimum Gasteiger partial charge on any atom is -0.456 e. The second-order valence-corrected chi connectivity index (χ2v) is 13.8. The minimum atomic E-state index is 0.847. The molecule has 10 aromatic rings.